The number of nitrogens with two attached hydrogens (primary N) is 1. The molecule has 2 rings (SSSR count). The summed E-state index contributed by atoms with van der Waals surface area (Å²) in [6, 6.07) is 3.82. The number of pyridine rings is 1. The van der Waals surface area contributed by atoms with Crippen molar-refractivity contribution in [2.24, 2.45) is 11.7 Å². The summed E-state index contributed by atoms with van der Waals surface area (Å²) < 4.78 is 5.24. The van der Waals surface area contributed by atoms with Crippen molar-refractivity contribution in [3.05, 3.63) is 23.9 Å². The maximum Gasteiger partial charge on any atom is 0.129 e. The van der Waals surface area contributed by atoms with E-state index in [0.29, 0.717) is 10.9 Å². The van der Waals surface area contributed by atoms with Gasteiger partial charge >= 0.3 is 0 Å². The molecule has 1 aliphatic rings. The molecule has 18 heavy (non-hydrogen) atoms. The van der Waals surface area contributed by atoms with Gasteiger partial charge in [-0.3, -0.25) is 0 Å². The topological polar surface area (TPSA) is 51.4 Å². The van der Waals surface area contributed by atoms with Crippen LogP contribution in [0.1, 0.15) is 18.4 Å². The van der Waals surface area contributed by atoms with Gasteiger partial charge in [0, 0.05) is 32.0 Å². The Balaban J connectivity index is 2.10. The molecule has 1 fully saturated rings. The van der Waals surface area contributed by atoms with Crippen molar-refractivity contribution < 1.29 is 4.74 Å². The maximum atomic E-state index is 5.65. The van der Waals surface area contributed by atoms with Crippen LogP contribution in [0.15, 0.2) is 18.3 Å². The normalized spacial score (nSPS) is 19.8. The summed E-state index contributed by atoms with van der Waals surface area (Å²) >= 11 is 5.00. The molecule has 1 atom stereocenters. The van der Waals surface area contributed by atoms with Gasteiger partial charge in [-0.1, -0.05) is 12.2 Å². The van der Waals surface area contributed by atoms with Gasteiger partial charge in [0.25, 0.3) is 0 Å². The van der Waals surface area contributed by atoms with Crippen LogP contribution in [0.25, 0.3) is 0 Å². The van der Waals surface area contributed by atoms with Crippen LogP contribution in [0.3, 0.4) is 0 Å². The SMILES string of the molecule is COCC1CCCN(c2cc(C(N)=S)ccn2)C1. The quantitative estimate of drug-likeness (QED) is 0.838. The number of hydrogen-bond donors (Lipinski definition) is 1. The van der Waals surface area contributed by atoms with Crippen molar-refractivity contribution in [1.82, 2.24) is 4.98 Å². The molecule has 0 bridgehead atoms. The van der Waals surface area contributed by atoms with E-state index in [4.69, 9.17) is 22.7 Å². The second-order valence-electron chi connectivity index (χ2n) is 4.68. The van der Waals surface area contributed by atoms with Gasteiger partial charge in [0.2, 0.25) is 0 Å². The van der Waals surface area contributed by atoms with Gasteiger partial charge in [0.05, 0.1) is 6.61 Å². The highest BCUT2D eigenvalue weighted by atomic mass is 32.1. The molecule has 2 N–H and O–H groups in total. The zero-order chi connectivity index (χ0) is 13.0. The van der Waals surface area contributed by atoms with E-state index in [-0.39, 0.29) is 0 Å². The number of anilines is 1. The van der Waals surface area contributed by atoms with Gasteiger partial charge in [-0.15, -0.1) is 0 Å². The van der Waals surface area contributed by atoms with E-state index in [0.717, 1.165) is 31.1 Å². The van der Waals surface area contributed by atoms with Crippen LogP contribution in [0, 0.1) is 5.92 Å². The summed E-state index contributed by atoms with van der Waals surface area (Å²) in [7, 11) is 1.75. The van der Waals surface area contributed by atoms with Crippen LogP contribution in [0.4, 0.5) is 5.82 Å². The molecule has 5 heteroatoms. The number of nitrogens with zero attached hydrogens (tertiary/aromatic N) is 2. The maximum absolute atomic E-state index is 5.65. The number of thiocarbonyl (C=S) groups is 1. The van der Waals surface area contributed by atoms with Crippen LogP contribution in [0.5, 0.6) is 0 Å². The molecule has 98 valence electrons. The molecule has 2 heterocycles. The van der Waals surface area contributed by atoms with Crippen LogP contribution < -0.4 is 10.6 Å². The number of aromatic nitrogens is 1. The van der Waals surface area contributed by atoms with Crippen LogP contribution in [-0.4, -0.2) is 36.8 Å². The van der Waals surface area contributed by atoms with E-state index in [1.54, 1.807) is 13.3 Å². The Morgan fingerprint density at radius 2 is 2.50 bits per heavy atom. The minimum absolute atomic E-state index is 0.420. The van der Waals surface area contributed by atoms with Crippen molar-refractivity contribution in [3.8, 4) is 0 Å². The van der Waals surface area contributed by atoms with Gasteiger partial charge in [-0.05, 0) is 30.9 Å². The molecule has 1 aromatic heterocycles. The van der Waals surface area contributed by atoms with Gasteiger partial charge in [-0.25, -0.2) is 4.98 Å². The molecule has 1 unspecified atom stereocenters. The molecule has 0 radical (unpaired) electrons. The van der Waals surface area contributed by atoms with Crippen LogP contribution >= 0.6 is 12.2 Å². The molecule has 1 saturated heterocycles. The van der Waals surface area contributed by atoms with E-state index >= 15 is 0 Å². The Kier molecular flexibility index (Phi) is 4.49. The Labute approximate surface area is 113 Å². The molecular formula is C13H19N3OS. The molecule has 0 saturated carbocycles. The number of ether oxygens (including phenoxy) is 1. The largest absolute Gasteiger partial charge is 0.389 e. The lowest BCUT2D eigenvalue weighted by Crippen LogP contribution is -2.37. The Bertz CT molecular complexity index is 422. The van der Waals surface area contributed by atoms with Gasteiger partial charge in [0.15, 0.2) is 0 Å². The summed E-state index contributed by atoms with van der Waals surface area (Å²) in [5, 5.41) is 0. The number of rotatable bonds is 4. The fraction of sp³-hybridized carbons (Fsp3) is 0.538. The monoisotopic (exact) mass is 265 g/mol. The van der Waals surface area contributed by atoms with Crippen molar-refractivity contribution in [2.45, 2.75) is 12.8 Å². The number of hydrogen-bond acceptors (Lipinski definition) is 4. The van der Waals surface area contributed by atoms with E-state index < -0.39 is 0 Å². The standard InChI is InChI=1S/C13H19N3OS/c1-17-9-10-3-2-6-16(8-10)12-7-11(13(14)18)4-5-15-12/h4-5,7,10H,2-3,6,8-9H2,1H3,(H2,14,18). The fourth-order valence-electron chi connectivity index (χ4n) is 2.39. The second kappa shape index (κ2) is 6.11. The first-order chi connectivity index (χ1) is 8.70. The van der Waals surface area contributed by atoms with Gasteiger partial charge in [-0.2, -0.15) is 0 Å². The summed E-state index contributed by atoms with van der Waals surface area (Å²) in [4.78, 5) is 7.12. The highest BCUT2D eigenvalue weighted by molar-refractivity contribution is 7.80. The predicted octanol–water partition coefficient (Wildman–Crippen LogP) is 1.58. The Hall–Kier alpha value is -1.20. The Morgan fingerprint density at radius 3 is 3.22 bits per heavy atom. The highest BCUT2D eigenvalue weighted by Gasteiger charge is 2.20. The lowest BCUT2D eigenvalue weighted by molar-refractivity contribution is 0.143. The van der Waals surface area contributed by atoms with E-state index in [2.05, 4.69) is 9.88 Å². The molecule has 0 aliphatic carbocycles. The third kappa shape index (κ3) is 3.17. The van der Waals surface area contributed by atoms with Crippen molar-refractivity contribution in [1.29, 1.82) is 0 Å². The molecular weight excluding hydrogens is 246 g/mol. The van der Waals surface area contributed by atoms with Crippen LogP contribution in [-0.2, 0) is 4.74 Å². The predicted molar refractivity (Wildman–Crippen MR) is 76.9 cm³/mol. The molecule has 4 nitrogen and oxygen atoms in total. The van der Waals surface area contributed by atoms with Crippen molar-refractivity contribution in [2.75, 3.05) is 31.7 Å². The molecule has 0 amide bonds. The molecule has 1 aromatic rings. The zero-order valence-corrected chi connectivity index (χ0v) is 11.4. The first-order valence-electron chi connectivity index (χ1n) is 6.20. The van der Waals surface area contributed by atoms with Gasteiger partial charge in [0.1, 0.15) is 10.8 Å². The lowest BCUT2D eigenvalue weighted by Gasteiger charge is -2.33. The van der Waals surface area contributed by atoms with Crippen molar-refractivity contribution >= 4 is 23.0 Å². The van der Waals surface area contributed by atoms with E-state index in [1.807, 2.05) is 12.1 Å². The minimum atomic E-state index is 0.420. The minimum Gasteiger partial charge on any atom is -0.389 e. The third-order valence-corrected chi connectivity index (χ3v) is 3.51. The number of methoxy groups -OCH3 is 1. The Morgan fingerprint density at radius 1 is 1.67 bits per heavy atom. The highest BCUT2D eigenvalue weighted by Crippen LogP contribution is 2.22. The van der Waals surface area contributed by atoms with Gasteiger partial charge < -0.3 is 15.4 Å². The molecule has 1 aliphatic heterocycles. The number of piperidine rings is 1. The average Bonchev–Trinajstić information content (AvgIpc) is 2.39. The second-order valence-corrected chi connectivity index (χ2v) is 5.12. The smallest absolute Gasteiger partial charge is 0.129 e. The van der Waals surface area contributed by atoms with Crippen LogP contribution in [0.2, 0.25) is 0 Å². The fourth-order valence-corrected chi connectivity index (χ4v) is 2.52. The average molecular weight is 265 g/mol. The third-order valence-electron chi connectivity index (χ3n) is 3.28. The summed E-state index contributed by atoms with van der Waals surface area (Å²) in [6.45, 7) is 2.83. The molecule has 0 aromatic carbocycles. The van der Waals surface area contributed by atoms with Crippen molar-refractivity contribution in [3.63, 3.8) is 0 Å². The summed E-state index contributed by atoms with van der Waals surface area (Å²) in [5.41, 5.74) is 6.53. The lowest BCUT2D eigenvalue weighted by atomic mass is 9.99. The zero-order valence-electron chi connectivity index (χ0n) is 10.6. The van der Waals surface area contributed by atoms with E-state index in [1.165, 1.54) is 12.8 Å². The molecule has 0 spiro atoms. The first kappa shape index (κ1) is 13.2. The summed E-state index contributed by atoms with van der Waals surface area (Å²) in [5.74, 6) is 1.54. The van der Waals surface area contributed by atoms with E-state index in [9.17, 15) is 0 Å². The summed E-state index contributed by atoms with van der Waals surface area (Å²) in [6.07, 6.45) is 4.16. The first-order valence-corrected chi connectivity index (χ1v) is 6.61.